The minimum absolute atomic E-state index is 0.126. The molecule has 8 atom stereocenters. The summed E-state index contributed by atoms with van der Waals surface area (Å²) < 4.78 is 17.7. The predicted octanol–water partition coefficient (Wildman–Crippen LogP) is 17.4. The number of aliphatic hydroxyl groups is 5. The zero-order chi connectivity index (χ0) is 58.9. The van der Waals surface area contributed by atoms with Gasteiger partial charge in [-0.05, 0) is 77.0 Å². The summed E-state index contributed by atoms with van der Waals surface area (Å²) in [6.07, 6.45) is 60.6. The van der Waals surface area contributed by atoms with Gasteiger partial charge in [0.2, 0.25) is 5.91 Å². The lowest BCUT2D eigenvalue weighted by atomic mass is 9.99. The second-order valence-corrected chi connectivity index (χ2v) is 24.3. The van der Waals surface area contributed by atoms with Crippen LogP contribution in [0.1, 0.15) is 335 Å². The molecule has 1 heterocycles. The van der Waals surface area contributed by atoms with Crippen molar-refractivity contribution in [2.75, 3.05) is 13.2 Å². The van der Waals surface area contributed by atoms with Crippen molar-refractivity contribution in [2.24, 2.45) is 0 Å². The molecular formula is C70H131NO10. The quantitative estimate of drug-likeness (QED) is 0.0195. The van der Waals surface area contributed by atoms with Gasteiger partial charge < -0.3 is 45.1 Å². The Kier molecular flexibility index (Phi) is 55.3. The number of amides is 1. The molecule has 476 valence electrons. The Hall–Kier alpha value is -2.12. The smallest absolute Gasteiger partial charge is 0.306 e. The Bertz CT molecular complexity index is 1460. The van der Waals surface area contributed by atoms with E-state index in [0.29, 0.717) is 12.8 Å². The minimum Gasteiger partial charge on any atom is -0.454 e. The molecule has 1 amide bonds. The van der Waals surface area contributed by atoms with Gasteiger partial charge in [-0.3, -0.25) is 9.59 Å². The summed E-state index contributed by atoms with van der Waals surface area (Å²) in [7, 11) is 0. The Morgan fingerprint density at radius 3 is 1.20 bits per heavy atom. The molecule has 1 rings (SSSR count). The number of carbonyl (C=O) groups is 2. The van der Waals surface area contributed by atoms with Gasteiger partial charge in [0.05, 0.1) is 25.4 Å². The van der Waals surface area contributed by atoms with Crippen LogP contribution in [0.5, 0.6) is 0 Å². The number of esters is 1. The maximum Gasteiger partial charge on any atom is 0.306 e. The summed E-state index contributed by atoms with van der Waals surface area (Å²) in [5.74, 6) is -1.20. The fourth-order valence-corrected chi connectivity index (χ4v) is 11.0. The van der Waals surface area contributed by atoms with Crippen LogP contribution in [0, 0.1) is 0 Å². The van der Waals surface area contributed by atoms with Gasteiger partial charge in [-0.1, -0.05) is 288 Å². The van der Waals surface area contributed by atoms with Gasteiger partial charge in [0.15, 0.2) is 12.4 Å². The number of allylic oxidation sites excluding steroid dienone is 5. The summed E-state index contributed by atoms with van der Waals surface area (Å²) >= 11 is 0. The first-order chi connectivity index (χ1) is 39.7. The average Bonchev–Trinajstić information content (AvgIpc) is 3.50. The van der Waals surface area contributed by atoms with Crippen molar-refractivity contribution in [2.45, 2.75) is 384 Å². The molecule has 11 heteroatoms. The van der Waals surface area contributed by atoms with Crippen molar-refractivity contribution in [3.63, 3.8) is 0 Å². The van der Waals surface area contributed by atoms with E-state index in [4.69, 9.17) is 14.2 Å². The lowest BCUT2D eigenvalue weighted by molar-refractivity contribution is -0.305. The van der Waals surface area contributed by atoms with Gasteiger partial charge >= 0.3 is 5.97 Å². The highest BCUT2D eigenvalue weighted by molar-refractivity contribution is 5.80. The lowest BCUT2D eigenvalue weighted by Gasteiger charge is -2.41. The van der Waals surface area contributed by atoms with Crippen molar-refractivity contribution >= 4 is 11.9 Å². The van der Waals surface area contributed by atoms with Crippen LogP contribution in [-0.4, -0.2) is 99.6 Å². The first-order valence-corrected chi connectivity index (χ1v) is 34.8. The molecule has 1 saturated heterocycles. The molecule has 1 aliphatic heterocycles. The molecule has 0 aliphatic carbocycles. The Labute approximate surface area is 498 Å². The molecule has 6 N–H and O–H groups in total. The molecule has 0 spiro atoms. The highest BCUT2D eigenvalue weighted by Crippen LogP contribution is 2.26. The fraction of sp³-hybridized carbons (Fsp3) is 0.886. The molecule has 1 fully saturated rings. The summed E-state index contributed by atoms with van der Waals surface area (Å²) in [6, 6.07) is -1.03. The summed E-state index contributed by atoms with van der Waals surface area (Å²) in [5.41, 5.74) is 0. The first-order valence-electron chi connectivity index (χ1n) is 34.8. The zero-order valence-electron chi connectivity index (χ0n) is 52.9. The van der Waals surface area contributed by atoms with Crippen molar-refractivity contribution in [1.82, 2.24) is 5.32 Å². The summed E-state index contributed by atoms with van der Waals surface area (Å²) in [6.45, 7) is 5.80. The predicted molar refractivity (Wildman–Crippen MR) is 338 cm³/mol. The van der Waals surface area contributed by atoms with Crippen LogP contribution in [0.15, 0.2) is 36.5 Å². The van der Waals surface area contributed by atoms with Gasteiger partial charge in [0.25, 0.3) is 0 Å². The van der Waals surface area contributed by atoms with Crippen LogP contribution in [0.25, 0.3) is 0 Å². The summed E-state index contributed by atoms with van der Waals surface area (Å²) in [4.78, 5) is 26.6. The van der Waals surface area contributed by atoms with E-state index in [1.54, 1.807) is 6.08 Å². The molecule has 8 unspecified atom stereocenters. The molecule has 0 aromatic carbocycles. The van der Waals surface area contributed by atoms with Gasteiger partial charge in [0, 0.05) is 6.42 Å². The minimum atomic E-state index is -1.61. The highest BCUT2D eigenvalue weighted by Gasteiger charge is 2.47. The van der Waals surface area contributed by atoms with Crippen LogP contribution in [0.4, 0.5) is 0 Å². The second-order valence-electron chi connectivity index (χ2n) is 24.3. The second kappa shape index (κ2) is 58.3. The third-order valence-electron chi connectivity index (χ3n) is 16.5. The van der Waals surface area contributed by atoms with E-state index in [1.165, 1.54) is 231 Å². The highest BCUT2D eigenvalue weighted by atomic mass is 16.7. The molecule has 0 aromatic heterocycles. The normalized spacial score (nSPS) is 18.8. The Morgan fingerprint density at radius 1 is 0.469 bits per heavy atom. The van der Waals surface area contributed by atoms with Crippen molar-refractivity contribution in [3.8, 4) is 0 Å². The average molecular weight is 1150 g/mol. The topological polar surface area (TPSA) is 175 Å². The number of unbranched alkanes of at least 4 members (excludes halogenated alkanes) is 42. The molecule has 11 nitrogen and oxygen atoms in total. The standard InChI is InChI=1S/C70H131NO10/c1-4-7-10-13-16-19-22-25-26-27-28-29-30-31-32-33-34-35-36-37-38-40-43-46-49-52-55-58-65(75)81-68-67(77)66(76)64(59-72)80-70(68)79-60-61(62(73)56-53-50-47-44-42-39-23-20-17-14-11-8-5-2)71-69(78)63(74)57-54-51-48-45-41-24-21-18-15-12-9-6-3/h25-26,41,45,53,56,61-64,66-68,70,72-74,76-77H,4-24,27-40,42-44,46-52,54-55,57-60H2,1-3H3,(H,71,78)/b26-25+,45-41-,56-53+. The van der Waals surface area contributed by atoms with E-state index >= 15 is 0 Å². The Balaban J connectivity index is 2.53. The van der Waals surface area contributed by atoms with Crippen molar-refractivity contribution < 1.29 is 49.3 Å². The summed E-state index contributed by atoms with van der Waals surface area (Å²) in [5, 5.41) is 57.1. The fourth-order valence-electron chi connectivity index (χ4n) is 11.0. The van der Waals surface area contributed by atoms with Gasteiger partial charge in [-0.25, -0.2) is 0 Å². The van der Waals surface area contributed by atoms with E-state index in [9.17, 15) is 35.1 Å². The van der Waals surface area contributed by atoms with Crippen molar-refractivity contribution in [3.05, 3.63) is 36.5 Å². The molecule has 0 bridgehead atoms. The van der Waals surface area contributed by atoms with E-state index < -0.39 is 67.4 Å². The number of nitrogens with one attached hydrogen (secondary N) is 1. The van der Waals surface area contributed by atoms with Crippen LogP contribution >= 0.6 is 0 Å². The van der Waals surface area contributed by atoms with E-state index in [0.717, 1.165) is 57.8 Å². The zero-order valence-corrected chi connectivity index (χ0v) is 52.9. The third kappa shape index (κ3) is 45.9. The first kappa shape index (κ1) is 76.9. The van der Waals surface area contributed by atoms with E-state index in [1.807, 2.05) is 6.08 Å². The monoisotopic (exact) mass is 1150 g/mol. The molecular weight excluding hydrogens is 1010 g/mol. The van der Waals surface area contributed by atoms with Crippen LogP contribution in [-0.2, 0) is 23.8 Å². The number of ether oxygens (including phenoxy) is 3. The maximum atomic E-state index is 13.4. The largest absolute Gasteiger partial charge is 0.454 e. The number of aliphatic hydroxyl groups excluding tert-OH is 5. The molecule has 81 heavy (non-hydrogen) atoms. The number of carbonyl (C=O) groups excluding carboxylic acids is 2. The molecule has 1 aliphatic rings. The third-order valence-corrected chi connectivity index (χ3v) is 16.5. The van der Waals surface area contributed by atoms with Gasteiger partial charge in [0.1, 0.15) is 24.4 Å². The SMILES string of the molecule is CCCCCCCC/C=C\CCCCC(O)C(=O)NC(COC1OC(CO)C(O)C(O)C1OC(=O)CCCCCCCCCCCCCCCCCCC/C=C/CCCCCCCC)C(O)/C=C/CCCCCCCCCCCCC. The van der Waals surface area contributed by atoms with Crippen LogP contribution in [0.2, 0.25) is 0 Å². The maximum absolute atomic E-state index is 13.4. The van der Waals surface area contributed by atoms with Crippen LogP contribution < -0.4 is 5.32 Å². The van der Waals surface area contributed by atoms with Gasteiger partial charge in [-0.2, -0.15) is 0 Å². The van der Waals surface area contributed by atoms with Gasteiger partial charge in [-0.15, -0.1) is 0 Å². The number of hydrogen-bond donors (Lipinski definition) is 6. The number of hydrogen-bond acceptors (Lipinski definition) is 10. The molecule has 0 saturated carbocycles. The van der Waals surface area contributed by atoms with Crippen LogP contribution in [0.3, 0.4) is 0 Å². The lowest BCUT2D eigenvalue weighted by Crippen LogP contribution is -2.61. The molecule has 0 aromatic rings. The molecule has 0 radical (unpaired) electrons. The van der Waals surface area contributed by atoms with Crippen molar-refractivity contribution in [1.29, 1.82) is 0 Å². The van der Waals surface area contributed by atoms with E-state index in [-0.39, 0.29) is 19.4 Å². The van der Waals surface area contributed by atoms with E-state index in [2.05, 4.69) is 50.4 Å². The Morgan fingerprint density at radius 2 is 0.815 bits per heavy atom. The number of rotatable bonds is 60.